The molecule has 0 saturated carbocycles. The molecule has 0 saturated heterocycles. The average molecular weight is 428 g/mol. The first-order valence-corrected chi connectivity index (χ1v) is 12.5. The molecule has 2 N–H and O–H groups in total. The smallest absolute Gasteiger partial charge is 0.304 e. The lowest BCUT2D eigenvalue weighted by Gasteiger charge is -2.10. The van der Waals surface area contributed by atoms with E-state index in [1.54, 1.807) is 6.08 Å². The summed E-state index contributed by atoms with van der Waals surface area (Å²) >= 11 is 4.05. The van der Waals surface area contributed by atoms with Crippen LogP contribution >= 0.6 is 12.6 Å². The van der Waals surface area contributed by atoms with Crippen LogP contribution in [-0.4, -0.2) is 29.3 Å². The van der Waals surface area contributed by atoms with Crippen molar-refractivity contribution in [3.63, 3.8) is 0 Å². The number of unbranched alkanes of at least 4 members (excludes halogenated alkanes) is 14. The van der Waals surface area contributed by atoms with Crippen molar-refractivity contribution in [2.75, 3.05) is 12.3 Å². The number of carboxylic acids is 1. The number of aliphatic carboxylic acids is 1. The van der Waals surface area contributed by atoms with E-state index >= 15 is 0 Å². The number of thiol groups is 1. The molecule has 1 amide bonds. The Morgan fingerprint density at radius 2 is 1.34 bits per heavy atom. The van der Waals surface area contributed by atoms with Gasteiger partial charge in [-0.15, -0.1) is 0 Å². The Labute approximate surface area is 184 Å². The van der Waals surface area contributed by atoms with Gasteiger partial charge in [0.1, 0.15) is 0 Å². The van der Waals surface area contributed by atoms with Crippen LogP contribution in [-0.2, 0) is 9.59 Å². The standard InChI is InChI=1S/C24H45NO3S/c1-2-3-4-5-6-7-8-9-10-11-12-13-14-15-16-17-18-22(21-23(26)27)24(28)25-19-20-29/h17-18,22,29H,2-16,19-21H2,1H3,(H,25,28)(H,26,27). The van der Waals surface area contributed by atoms with Gasteiger partial charge in [0.2, 0.25) is 5.91 Å². The van der Waals surface area contributed by atoms with Gasteiger partial charge in [0, 0.05) is 12.3 Å². The number of carbonyl (C=O) groups excluding carboxylic acids is 1. The lowest BCUT2D eigenvalue weighted by molar-refractivity contribution is -0.140. The maximum atomic E-state index is 12.0. The summed E-state index contributed by atoms with van der Waals surface area (Å²) < 4.78 is 0. The average Bonchev–Trinajstić information content (AvgIpc) is 2.70. The maximum Gasteiger partial charge on any atom is 0.304 e. The monoisotopic (exact) mass is 427 g/mol. The van der Waals surface area contributed by atoms with Crippen LogP contribution in [0.2, 0.25) is 0 Å². The second-order valence-electron chi connectivity index (χ2n) is 8.03. The number of carbonyl (C=O) groups is 2. The highest BCUT2D eigenvalue weighted by Gasteiger charge is 2.18. The molecule has 0 aromatic heterocycles. The lowest BCUT2D eigenvalue weighted by atomic mass is 10.0. The Bertz CT molecular complexity index is 426. The van der Waals surface area contributed by atoms with Gasteiger partial charge in [-0.1, -0.05) is 103 Å². The quantitative estimate of drug-likeness (QED) is 0.110. The molecule has 29 heavy (non-hydrogen) atoms. The zero-order valence-electron chi connectivity index (χ0n) is 18.7. The van der Waals surface area contributed by atoms with Gasteiger partial charge >= 0.3 is 5.97 Å². The fourth-order valence-corrected chi connectivity index (χ4v) is 3.58. The van der Waals surface area contributed by atoms with Crippen LogP contribution in [0.1, 0.15) is 110 Å². The number of rotatable bonds is 21. The van der Waals surface area contributed by atoms with Crippen LogP contribution in [0.5, 0.6) is 0 Å². The van der Waals surface area contributed by atoms with Gasteiger partial charge in [-0.3, -0.25) is 9.59 Å². The number of hydrogen-bond donors (Lipinski definition) is 3. The van der Waals surface area contributed by atoms with Crippen LogP contribution in [0.25, 0.3) is 0 Å². The van der Waals surface area contributed by atoms with E-state index in [9.17, 15) is 9.59 Å². The molecule has 0 radical (unpaired) electrons. The summed E-state index contributed by atoms with van der Waals surface area (Å²) in [5.41, 5.74) is 0. The molecule has 0 heterocycles. The molecule has 5 heteroatoms. The molecule has 4 nitrogen and oxygen atoms in total. The van der Waals surface area contributed by atoms with E-state index in [2.05, 4.69) is 24.9 Å². The minimum atomic E-state index is -0.947. The first kappa shape index (κ1) is 28.0. The van der Waals surface area contributed by atoms with Crippen LogP contribution in [0.3, 0.4) is 0 Å². The molecule has 0 aliphatic carbocycles. The van der Waals surface area contributed by atoms with E-state index in [-0.39, 0.29) is 12.3 Å². The summed E-state index contributed by atoms with van der Waals surface area (Å²) in [4.78, 5) is 22.9. The second kappa shape index (κ2) is 21.7. The fourth-order valence-electron chi connectivity index (χ4n) is 3.46. The van der Waals surface area contributed by atoms with Crippen molar-refractivity contribution in [3.05, 3.63) is 12.2 Å². The van der Waals surface area contributed by atoms with Gasteiger partial charge in [-0.05, 0) is 12.8 Å². The molecular formula is C24H45NO3S. The molecule has 0 spiro atoms. The van der Waals surface area contributed by atoms with Gasteiger partial charge in [-0.2, -0.15) is 12.6 Å². The van der Waals surface area contributed by atoms with E-state index in [0.717, 1.165) is 12.8 Å². The number of carboxylic acid groups (broad SMARTS) is 1. The van der Waals surface area contributed by atoms with Gasteiger partial charge in [0.25, 0.3) is 0 Å². The van der Waals surface area contributed by atoms with E-state index in [1.165, 1.54) is 83.5 Å². The minimum absolute atomic E-state index is 0.159. The third-order valence-electron chi connectivity index (χ3n) is 5.24. The Morgan fingerprint density at radius 3 is 1.79 bits per heavy atom. The zero-order valence-corrected chi connectivity index (χ0v) is 19.6. The minimum Gasteiger partial charge on any atom is -0.481 e. The van der Waals surface area contributed by atoms with Crippen molar-refractivity contribution < 1.29 is 14.7 Å². The van der Waals surface area contributed by atoms with Crippen molar-refractivity contribution >= 4 is 24.5 Å². The van der Waals surface area contributed by atoms with Crippen molar-refractivity contribution in [3.8, 4) is 0 Å². The highest BCUT2D eigenvalue weighted by Crippen LogP contribution is 2.14. The van der Waals surface area contributed by atoms with E-state index in [4.69, 9.17) is 5.11 Å². The summed E-state index contributed by atoms with van der Waals surface area (Å²) in [6, 6.07) is 0. The summed E-state index contributed by atoms with van der Waals surface area (Å²) in [6.45, 7) is 2.73. The van der Waals surface area contributed by atoms with Gasteiger partial charge in [-0.25, -0.2) is 0 Å². The molecule has 0 aliphatic heterocycles. The molecule has 0 aromatic carbocycles. The van der Waals surface area contributed by atoms with E-state index in [1.807, 2.05) is 6.08 Å². The number of amides is 1. The third-order valence-corrected chi connectivity index (χ3v) is 5.46. The Hall–Kier alpha value is -0.970. The first-order valence-electron chi connectivity index (χ1n) is 11.9. The van der Waals surface area contributed by atoms with Crippen molar-refractivity contribution in [1.82, 2.24) is 5.32 Å². The van der Waals surface area contributed by atoms with Crippen LogP contribution in [0.4, 0.5) is 0 Å². The van der Waals surface area contributed by atoms with Crippen molar-refractivity contribution in [2.24, 2.45) is 5.92 Å². The molecule has 0 rings (SSSR count). The molecule has 1 unspecified atom stereocenters. The molecule has 0 aromatic rings. The predicted octanol–water partition coefficient (Wildman–Crippen LogP) is 6.55. The summed E-state index contributed by atoms with van der Waals surface area (Å²) in [7, 11) is 0. The second-order valence-corrected chi connectivity index (χ2v) is 8.48. The van der Waals surface area contributed by atoms with E-state index in [0.29, 0.717) is 12.3 Å². The van der Waals surface area contributed by atoms with Crippen LogP contribution in [0, 0.1) is 5.92 Å². The Morgan fingerprint density at radius 1 is 0.862 bits per heavy atom. The molecule has 0 fully saturated rings. The molecule has 170 valence electrons. The number of allylic oxidation sites excluding steroid dienone is 1. The fraction of sp³-hybridized carbons (Fsp3) is 0.833. The molecule has 0 aliphatic rings. The SMILES string of the molecule is CCCCCCCCCCCCCCCCC=CC(CC(=O)O)C(=O)NCCS. The summed E-state index contributed by atoms with van der Waals surface area (Å²) in [6.07, 6.45) is 23.2. The molecule has 0 bridgehead atoms. The first-order chi connectivity index (χ1) is 14.1. The summed E-state index contributed by atoms with van der Waals surface area (Å²) in [5.74, 6) is -1.20. The van der Waals surface area contributed by atoms with Crippen molar-refractivity contribution in [2.45, 2.75) is 110 Å². The highest BCUT2D eigenvalue weighted by molar-refractivity contribution is 7.80. The number of nitrogens with one attached hydrogen (secondary N) is 1. The third kappa shape index (κ3) is 20.1. The maximum absolute atomic E-state index is 12.0. The predicted molar refractivity (Wildman–Crippen MR) is 127 cm³/mol. The number of hydrogen-bond acceptors (Lipinski definition) is 3. The Balaban J connectivity index is 3.59. The van der Waals surface area contributed by atoms with Gasteiger partial charge in [0.15, 0.2) is 0 Å². The van der Waals surface area contributed by atoms with Crippen LogP contribution in [0.15, 0.2) is 12.2 Å². The largest absolute Gasteiger partial charge is 0.481 e. The van der Waals surface area contributed by atoms with Gasteiger partial charge < -0.3 is 10.4 Å². The normalized spacial score (nSPS) is 12.3. The van der Waals surface area contributed by atoms with Gasteiger partial charge in [0.05, 0.1) is 12.3 Å². The van der Waals surface area contributed by atoms with Crippen LogP contribution < -0.4 is 5.32 Å². The topological polar surface area (TPSA) is 66.4 Å². The highest BCUT2D eigenvalue weighted by atomic mass is 32.1. The van der Waals surface area contributed by atoms with Crippen molar-refractivity contribution in [1.29, 1.82) is 0 Å². The summed E-state index contributed by atoms with van der Waals surface area (Å²) in [5, 5.41) is 11.7. The zero-order chi connectivity index (χ0) is 21.6. The lowest BCUT2D eigenvalue weighted by Crippen LogP contribution is -2.32. The molecular weight excluding hydrogens is 382 g/mol. The van der Waals surface area contributed by atoms with E-state index < -0.39 is 11.9 Å². The molecule has 1 atom stereocenters. The Kier molecular flexibility index (Phi) is 21.0.